The largest absolute Gasteiger partial charge is 0.327 e. The highest BCUT2D eigenvalue weighted by Gasteiger charge is 2.28. The molecule has 1 heterocycles. The fourth-order valence-corrected chi connectivity index (χ4v) is 3.46. The standard InChI is InChI=1S/C21H24N2O2/c1-16-6-5-9-19(14-16)22-20(24)15-23-12-10-18(11-13-23)21(25)17-7-3-2-4-8-17/h2-9,14,18H,10-13,15H2,1H3,(H,22,24)/p+1. The number of likely N-dealkylation sites (tertiary alicyclic amines) is 1. The molecule has 4 nitrogen and oxygen atoms in total. The lowest BCUT2D eigenvalue weighted by Gasteiger charge is -2.28. The quantitative estimate of drug-likeness (QED) is 0.821. The Morgan fingerprint density at radius 3 is 2.44 bits per heavy atom. The van der Waals surface area contributed by atoms with Crippen LogP contribution in [0.5, 0.6) is 0 Å². The number of benzene rings is 2. The number of amides is 1. The molecule has 1 fully saturated rings. The molecular formula is C21H25N2O2+. The van der Waals surface area contributed by atoms with Crippen LogP contribution in [0.4, 0.5) is 5.69 Å². The van der Waals surface area contributed by atoms with Crippen molar-refractivity contribution >= 4 is 17.4 Å². The normalized spacial score (nSPS) is 20.0. The number of hydrogen-bond donors (Lipinski definition) is 2. The Morgan fingerprint density at radius 2 is 1.76 bits per heavy atom. The molecule has 2 aromatic carbocycles. The molecule has 0 radical (unpaired) electrons. The van der Waals surface area contributed by atoms with Gasteiger partial charge in [-0.1, -0.05) is 42.5 Å². The Kier molecular flexibility index (Phi) is 5.61. The molecule has 1 aliphatic heterocycles. The van der Waals surface area contributed by atoms with Gasteiger partial charge in [-0.3, -0.25) is 9.59 Å². The highest BCUT2D eigenvalue weighted by Crippen LogP contribution is 2.16. The zero-order chi connectivity index (χ0) is 17.6. The van der Waals surface area contributed by atoms with Crippen molar-refractivity contribution in [1.29, 1.82) is 0 Å². The van der Waals surface area contributed by atoms with E-state index in [1.54, 1.807) is 0 Å². The average Bonchev–Trinajstić information content (AvgIpc) is 2.62. The van der Waals surface area contributed by atoms with E-state index in [1.165, 1.54) is 4.90 Å². The van der Waals surface area contributed by atoms with Gasteiger partial charge in [-0.2, -0.15) is 0 Å². The van der Waals surface area contributed by atoms with Crippen LogP contribution in [0, 0.1) is 12.8 Å². The Hall–Kier alpha value is -2.46. The van der Waals surface area contributed by atoms with Crippen molar-refractivity contribution in [2.75, 3.05) is 25.0 Å². The molecule has 0 atom stereocenters. The van der Waals surface area contributed by atoms with Crippen LogP contribution in [-0.4, -0.2) is 31.3 Å². The van der Waals surface area contributed by atoms with Gasteiger partial charge in [0.15, 0.2) is 12.3 Å². The SMILES string of the molecule is Cc1cccc(NC(=O)C[NH+]2CCC(C(=O)c3ccccc3)CC2)c1. The van der Waals surface area contributed by atoms with E-state index in [1.807, 2.05) is 61.5 Å². The van der Waals surface area contributed by atoms with E-state index in [-0.39, 0.29) is 17.6 Å². The molecule has 1 amide bonds. The number of nitrogens with one attached hydrogen (secondary N) is 2. The number of anilines is 1. The lowest BCUT2D eigenvalue weighted by molar-refractivity contribution is -0.897. The highest BCUT2D eigenvalue weighted by atomic mass is 16.2. The van der Waals surface area contributed by atoms with Crippen LogP contribution in [0.15, 0.2) is 54.6 Å². The smallest absolute Gasteiger partial charge is 0.279 e. The maximum atomic E-state index is 12.5. The third-order valence-corrected chi connectivity index (χ3v) is 4.83. The number of quaternary nitrogens is 1. The predicted molar refractivity (Wildman–Crippen MR) is 98.9 cm³/mol. The molecule has 0 aromatic heterocycles. The minimum absolute atomic E-state index is 0.0356. The van der Waals surface area contributed by atoms with Crippen LogP contribution < -0.4 is 10.2 Å². The van der Waals surface area contributed by atoms with Crippen LogP contribution >= 0.6 is 0 Å². The lowest BCUT2D eigenvalue weighted by atomic mass is 9.89. The lowest BCUT2D eigenvalue weighted by Crippen LogP contribution is -3.14. The summed E-state index contributed by atoms with van der Waals surface area (Å²) in [4.78, 5) is 26.0. The number of rotatable bonds is 5. The monoisotopic (exact) mass is 337 g/mol. The van der Waals surface area contributed by atoms with Crippen molar-refractivity contribution < 1.29 is 14.5 Å². The highest BCUT2D eigenvalue weighted by molar-refractivity contribution is 5.97. The summed E-state index contributed by atoms with van der Waals surface area (Å²) in [5, 5.41) is 2.96. The summed E-state index contributed by atoms with van der Waals surface area (Å²) in [5.74, 6) is 0.364. The van der Waals surface area contributed by atoms with Gasteiger partial charge in [0.25, 0.3) is 5.91 Å². The van der Waals surface area contributed by atoms with E-state index < -0.39 is 0 Å². The maximum absolute atomic E-state index is 12.5. The molecule has 0 unspecified atom stereocenters. The predicted octanol–water partition coefficient (Wildman–Crippen LogP) is 2.11. The fourth-order valence-electron chi connectivity index (χ4n) is 3.46. The van der Waals surface area contributed by atoms with Gasteiger partial charge in [-0.25, -0.2) is 0 Å². The molecule has 1 saturated heterocycles. The first-order valence-corrected chi connectivity index (χ1v) is 8.91. The minimum Gasteiger partial charge on any atom is -0.327 e. The van der Waals surface area contributed by atoms with Crippen LogP contribution in [0.25, 0.3) is 0 Å². The van der Waals surface area contributed by atoms with Gasteiger partial charge in [0.1, 0.15) is 0 Å². The zero-order valence-corrected chi connectivity index (χ0v) is 14.6. The van der Waals surface area contributed by atoms with E-state index in [2.05, 4.69) is 5.32 Å². The molecule has 2 N–H and O–H groups in total. The number of Topliss-reactive ketones (excluding diaryl/α,β-unsaturated/α-hetero) is 1. The average molecular weight is 337 g/mol. The van der Waals surface area contributed by atoms with Gasteiger partial charge in [-0.15, -0.1) is 0 Å². The first-order valence-electron chi connectivity index (χ1n) is 8.91. The number of ketones is 1. The summed E-state index contributed by atoms with van der Waals surface area (Å²) in [6.45, 7) is 4.20. The van der Waals surface area contributed by atoms with Crippen LogP contribution in [0.1, 0.15) is 28.8 Å². The van der Waals surface area contributed by atoms with E-state index in [4.69, 9.17) is 0 Å². The van der Waals surface area contributed by atoms with Crippen LogP contribution in [0.3, 0.4) is 0 Å². The molecule has 130 valence electrons. The van der Waals surface area contributed by atoms with Crippen molar-refractivity contribution in [3.05, 3.63) is 65.7 Å². The van der Waals surface area contributed by atoms with Gasteiger partial charge in [0, 0.05) is 30.0 Å². The second-order valence-electron chi connectivity index (χ2n) is 6.85. The Bertz CT molecular complexity index is 735. The van der Waals surface area contributed by atoms with Crippen molar-refractivity contribution in [3.63, 3.8) is 0 Å². The summed E-state index contributed by atoms with van der Waals surface area (Å²) in [7, 11) is 0. The fraction of sp³-hybridized carbons (Fsp3) is 0.333. The van der Waals surface area contributed by atoms with E-state index in [0.717, 1.165) is 42.7 Å². The minimum atomic E-state index is 0.0356. The molecule has 3 rings (SSSR count). The van der Waals surface area contributed by atoms with Gasteiger partial charge in [0.05, 0.1) is 13.1 Å². The van der Waals surface area contributed by atoms with Gasteiger partial charge < -0.3 is 10.2 Å². The number of aryl methyl sites for hydroxylation is 1. The molecule has 2 aromatic rings. The summed E-state index contributed by atoms with van der Waals surface area (Å²) in [5.41, 5.74) is 2.78. The summed E-state index contributed by atoms with van der Waals surface area (Å²) in [6, 6.07) is 17.3. The Labute approximate surface area is 148 Å². The molecule has 0 saturated carbocycles. The number of hydrogen-bond acceptors (Lipinski definition) is 2. The van der Waals surface area contributed by atoms with Gasteiger partial charge >= 0.3 is 0 Å². The molecular weight excluding hydrogens is 312 g/mol. The molecule has 0 aliphatic carbocycles. The van der Waals surface area contributed by atoms with Crippen LogP contribution in [-0.2, 0) is 4.79 Å². The molecule has 1 aliphatic rings. The van der Waals surface area contributed by atoms with E-state index >= 15 is 0 Å². The molecule has 25 heavy (non-hydrogen) atoms. The number of carbonyl (C=O) groups is 2. The summed E-state index contributed by atoms with van der Waals surface area (Å²) in [6.07, 6.45) is 1.70. The first-order chi connectivity index (χ1) is 12.1. The number of carbonyl (C=O) groups excluding carboxylic acids is 2. The molecule has 0 spiro atoms. The van der Waals surface area contributed by atoms with Crippen LogP contribution in [0.2, 0.25) is 0 Å². The third-order valence-electron chi connectivity index (χ3n) is 4.83. The molecule has 0 bridgehead atoms. The van der Waals surface area contributed by atoms with Gasteiger partial charge in [0.2, 0.25) is 0 Å². The van der Waals surface area contributed by atoms with E-state index in [9.17, 15) is 9.59 Å². The van der Waals surface area contributed by atoms with Gasteiger partial charge in [-0.05, 0) is 24.6 Å². The Balaban J connectivity index is 1.47. The van der Waals surface area contributed by atoms with Crippen molar-refractivity contribution in [2.24, 2.45) is 5.92 Å². The topological polar surface area (TPSA) is 50.6 Å². The Morgan fingerprint density at radius 1 is 1.04 bits per heavy atom. The number of piperidine rings is 1. The maximum Gasteiger partial charge on any atom is 0.279 e. The first kappa shape index (κ1) is 17.4. The zero-order valence-electron chi connectivity index (χ0n) is 14.6. The second-order valence-corrected chi connectivity index (χ2v) is 6.85. The van der Waals surface area contributed by atoms with E-state index in [0.29, 0.717) is 6.54 Å². The third kappa shape index (κ3) is 4.77. The molecule has 4 heteroatoms. The van der Waals surface area contributed by atoms with Crippen molar-refractivity contribution in [2.45, 2.75) is 19.8 Å². The van der Waals surface area contributed by atoms with Crippen molar-refractivity contribution in [1.82, 2.24) is 0 Å². The second kappa shape index (κ2) is 8.08. The summed E-state index contributed by atoms with van der Waals surface area (Å²) < 4.78 is 0. The van der Waals surface area contributed by atoms with Crippen molar-refractivity contribution in [3.8, 4) is 0 Å². The summed E-state index contributed by atoms with van der Waals surface area (Å²) >= 11 is 0.